The lowest BCUT2D eigenvalue weighted by Crippen LogP contribution is -2.35. The Morgan fingerprint density at radius 2 is 1.80 bits per heavy atom. The van der Waals surface area contributed by atoms with Crippen LogP contribution in [0, 0.1) is 6.92 Å². The number of alkyl halides is 3. The van der Waals surface area contributed by atoms with Crippen LogP contribution < -0.4 is 0 Å². The van der Waals surface area contributed by atoms with Gasteiger partial charge in [0.15, 0.2) is 0 Å². The van der Waals surface area contributed by atoms with Gasteiger partial charge in [0, 0.05) is 19.6 Å². The Labute approximate surface area is 153 Å². The monoisotopic (exact) mass is 416 g/mol. The lowest BCUT2D eigenvalue weighted by Gasteiger charge is -2.23. The van der Waals surface area contributed by atoms with Gasteiger partial charge in [-0.25, -0.2) is 0 Å². The first-order valence-electron chi connectivity index (χ1n) is 7.82. The number of aromatic nitrogens is 1. The number of benzene rings is 1. The van der Waals surface area contributed by atoms with Gasteiger partial charge in [-0.3, -0.25) is 4.79 Å². The van der Waals surface area contributed by atoms with Crippen molar-refractivity contribution in [3.8, 4) is 0 Å². The second-order valence-corrected chi connectivity index (χ2v) is 7.01. The predicted octanol–water partition coefficient (Wildman–Crippen LogP) is 5.11. The zero-order chi connectivity index (χ0) is 18.9. The van der Waals surface area contributed by atoms with Crippen LogP contribution in [0.5, 0.6) is 0 Å². The minimum atomic E-state index is -4.56. The van der Waals surface area contributed by atoms with Crippen molar-refractivity contribution < 1.29 is 18.0 Å². The van der Waals surface area contributed by atoms with Crippen LogP contribution in [0.1, 0.15) is 41.2 Å². The molecule has 2 rings (SSSR count). The first-order valence-corrected chi connectivity index (χ1v) is 8.61. The Kier molecular flexibility index (Phi) is 5.66. The zero-order valence-corrected chi connectivity index (χ0v) is 16.1. The van der Waals surface area contributed by atoms with Crippen LogP contribution in [-0.2, 0) is 12.7 Å². The second-order valence-electron chi connectivity index (χ2n) is 6.22. The summed E-state index contributed by atoms with van der Waals surface area (Å²) in [4.78, 5) is 14.2. The Balaban J connectivity index is 2.68. The Bertz CT molecular complexity index is 767. The molecule has 1 aromatic carbocycles. The highest BCUT2D eigenvalue weighted by Crippen LogP contribution is 2.39. The smallest absolute Gasteiger partial charge is 0.338 e. The van der Waals surface area contributed by atoms with E-state index < -0.39 is 17.8 Å². The van der Waals surface area contributed by atoms with Crippen molar-refractivity contribution in [2.45, 2.75) is 39.5 Å². The van der Waals surface area contributed by atoms with Gasteiger partial charge >= 0.3 is 6.18 Å². The molecule has 2 aromatic rings. The lowest BCUT2D eigenvalue weighted by atomic mass is 10.2. The molecule has 25 heavy (non-hydrogen) atoms. The van der Waals surface area contributed by atoms with Gasteiger partial charge < -0.3 is 9.47 Å². The van der Waals surface area contributed by atoms with Crippen LogP contribution in [0.25, 0.3) is 0 Å². The maximum atomic E-state index is 13.7. The minimum absolute atomic E-state index is 0.0175. The number of carbonyl (C=O) groups excluding carboxylic acids is 1. The van der Waals surface area contributed by atoms with Crippen molar-refractivity contribution in [2.75, 3.05) is 7.05 Å². The maximum Gasteiger partial charge on any atom is 0.431 e. The van der Waals surface area contributed by atoms with E-state index in [0.29, 0.717) is 5.56 Å². The average Bonchev–Trinajstić information content (AvgIpc) is 2.77. The van der Waals surface area contributed by atoms with Gasteiger partial charge in [-0.15, -0.1) is 0 Å². The molecule has 0 spiro atoms. The van der Waals surface area contributed by atoms with E-state index in [1.807, 2.05) is 13.8 Å². The van der Waals surface area contributed by atoms with E-state index in [9.17, 15) is 18.0 Å². The van der Waals surface area contributed by atoms with E-state index in [1.54, 1.807) is 37.4 Å². The molecular weight excluding hydrogens is 397 g/mol. The molecular formula is C18H20BrF3N2O. The van der Waals surface area contributed by atoms with E-state index >= 15 is 0 Å². The quantitative estimate of drug-likeness (QED) is 0.679. The third-order valence-corrected chi connectivity index (χ3v) is 5.15. The summed E-state index contributed by atoms with van der Waals surface area (Å²) < 4.78 is 42.2. The second kappa shape index (κ2) is 7.23. The van der Waals surface area contributed by atoms with E-state index in [-0.39, 0.29) is 28.3 Å². The highest BCUT2D eigenvalue weighted by molar-refractivity contribution is 9.10. The van der Waals surface area contributed by atoms with Crippen LogP contribution in [0.15, 0.2) is 34.8 Å². The van der Waals surface area contributed by atoms with Gasteiger partial charge in [0.25, 0.3) is 5.91 Å². The molecule has 0 aliphatic rings. The molecule has 1 aromatic heterocycles. The molecule has 0 aliphatic heterocycles. The standard InChI is InChI=1S/C18H20BrF3N2O/c1-11(2)23(4)17(25)15-14(19)12(3)16(18(20,21)22)24(15)10-13-8-6-5-7-9-13/h5-9,11H,10H2,1-4H3. The fraction of sp³-hybridized carbons (Fsp3) is 0.389. The Hall–Kier alpha value is -1.76. The van der Waals surface area contributed by atoms with Gasteiger partial charge in [-0.1, -0.05) is 30.3 Å². The summed E-state index contributed by atoms with van der Waals surface area (Å²) in [6.45, 7) is 4.97. The molecule has 0 bridgehead atoms. The molecule has 3 nitrogen and oxygen atoms in total. The topological polar surface area (TPSA) is 25.2 Å². The lowest BCUT2D eigenvalue weighted by molar-refractivity contribution is -0.143. The SMILES string of the molecule is Cc1c(Br)c(C(=O)N(C)C(C)C)n(Cc2ccccc2)c1C(F)(F)F. The third kappa shape index (κ3) is 3.92. The summed E-state index contributed by atoms with van der Waals surface area (Å²) in [5.74, 6) is -0.448. The van der Waals surface area contributed by atoms with Crippen molar-refractivity contribution in [3.63, 3.8) is 0 Å². The number of halogens is 4. The molecule has 0 fully saturated rings. The largest absolute Gasteiger partial charge is 0.431 e. The van der Waals surface area contributed by atoms with Crippen molar-refractivity contribution in [2.24, 2.45) is 0 Å². The van der Waals surface area contributed by atoms with Crippen LogP contribution in [-0.4, -0.2) is 28.5 Å². The minimum Gasteiger partial charge on any atom is -0.338 e. The fourth-order valence-corrected chi connectivity index (χ4v) is 3.19. The van der Waals surface area contributed by atoms with Gasteiger partial charge in [-0.2, -0.15) is 13.2 Å². The molecule has 0 unspecified atom stereocenters. The first-order chi connectivity index (χ1) is 11.6. The molecule has 0 saturated carbocycles. The highest BCUT2D eigenvalue weighted by atomic mass is 79.9. The molecule has 0 saturated heterocycles. The molecule has 136 valence electrons. The zero-order valence-electron chi connectivity index (χ0n) is 14.5. The normalized spacial score (nSPS) is 11.9. The Morgan fingerprint density at radius 3 is 2.28 bits per heavy atom. The maximum absolute atomic E-state index is 13.7. The number of carbonyl (C=O) groups is 1. The summed E-state index contributed by atoms with van der Waals surface area (Å²) in [6, 6.07) is 8.66. The average molecular weight is 417 g/mol. The Morgan fingerprint density at radius 1 is 1.24 bits per heavy atom. The van der Waals surface area contributed by atoms with E-state index in [2.05, 4.69) is 15.9 Å². The van der Waals surface area contributed by atoms with Crippen LogP contribution in [0.4, 0.5) is 13.2 Å². The molecule has 0 radical (unpaired) electrons. The molecule has 0 atom stereocenters. The van der Waals surface area contributed by atoms with Crippen LogP contribution in [0.2, 0.25) is 0 Å². The van der Waals surface area contributed by atoms with Crippen molar-refractivity contribution in [3.05, 3.63) is 57.3 Å². The number of amides is 1. The van der Waals surface area contributed by atoms with Gasteiger partial charge in [0.05, 0.1) is 4.47 Å². The number of rotatable bonds is 4. The van der Waals surface area contributed by atoms with E-state index in [1.165, 1.54) is 11.8 Å². The molecule has 0 aliphatic carbocycles. The highest BCUT2D eigenvalue weighted by Gasteiger charge is 2.41. The summed E-state index contributed by atoms with van der Waals surface area (Å²) in [5.41, 5.74) is -0.0747. The summed E-state index contributed by atoms with van der Waals surface area (Å²) in [7, 11) is 1.59. The van der Waals surface area contributed by atoms with Gasteiger partial charge in [-0.05, 0) is 47.8 Å². The van der Waals surface area contributed by atoms with E-state index in [4.69, 9.17) is 0 Å². The van der Waals surface area contributed by atoms with Crippen LogP contribution >= 0.6 is 15.9 Å². The number of hydrogen-bond donors (Lipinski definition) is 0. The van der Waals surface area contributed by atoms with Gasteiger partial charge in [0.2, 0.25) is 0 Å². The van der Waals surface area contributed by atoms with Gasteiger partial charge in [0.1, 0.15) is 11.4 Å². The molecule has 1 amide bonds. The number of hydrogen-bond acceptors (Lipinski definition) is 1. The van der Waals surface area contributed by atoms with Crippen molar-refractivity contribution in [1.29, 1.82) is 0 Å². The van der Waals surface area contributed by atoms with Crippen LogP contribution in [0.3, 0.4) is 0 Å². The molecule has 1 heterocycles. The molecule has 0 N–H and O–H groups in total. The third-order valence-electron chi connectivity index (χ3n) is 4.18. The van der Waals surface area contributed by atoms with Crippen molar-refractivity contribution >= 4 is 21.8 Å². The predicted molar refractivity (Wildman–Crippen MR) is 94.6 cm³/mol. The number of nitrogens with zero attached hydrogens (tertiary/aromatic N) is 2. The summed E-state index contributed by atoms with van der Waals surface area (Å²) in [6.07, 6.45) is -4.56. The first kappa shape index (κ1) is 19.6. The summed E-state index contributed by atoms with van der Waals surface area (Å²) in [5, 5.41) is 0. The van der Waals surface area contributed by atoms with Crippen molar-refractivity contribution in [1.82, 2.24) is 9.47 Å². The molecule has 7 heteroatoms. The fourth-order valence-electron chi connectivity index (χ4n) is 2.61. The van der Waals surface area contributed by atoms with E-state index in [0.717, 1.165) is 4.57 Å². The summed E-state index contributed by atoms with van der Waals surface area (Å²) >= 11 is 3.21.